The highest BCUT2D eigenvalue weighted by Gasteiger charge is 2.16. The summed E-state index contributed by atoms with van der Waals surface area (Å²) >= 11 is 1.48. The molecule has 8 nitrogen and oxygen atoms in total. The number of nitrogens with one attached hydrogen (secondary N) is 2. The van der Waals surface area contributed by atoms with Gasteiger partial charge in [0.05, 0.1) is 33.6 Å². The molecule has 2 N–H and O–H groups in total. The van der Waals surface area contributed by atoms with Crippen LogP contribution in [0.2, 0.25) is 0 Å². The standard InChI is InChI=1S/C22H22FN5O3S/c1-28-15(11-24-7-8-30-2)12-26-22(28)20-10-17-21(32-20)19(5-6-25-17)31-18-4-3-14(27-13-29)9-16(18)23/h3-6,9-10,12-13,24H,7-8,11H2,1-2H3,(H,27,29). The quantitative estimate of drug-likeness (QED) is 0.278. The van der Waals surface area contributed by atoms with Crippen LogP contribution < -0.4 is 15.4 Å². The van der Waals surface area contributed by atoms with Gasteiger partial charge in [0.2, 0.25) is 6.41 Å². The van der Waals surface area contributed by atoms with Crippen molar-refractivity contribution in [3.05, 3.63) is 54.2 Å². The fraction of sp³-hybridized carbons (Fsp3) is 0.227. The summed E-state index contributed by atoms with van der Waals surface area (Å²) in [4.78, 5) is 20.5. The second-order valence-electron chi connectivity index (χ2n) is 6.95. The van der Waals surface area contributed by atoms with Gasteiger partial charge in [-0.05, 0) is 18.2 Å². The van der Waals surface area contributed by atoms with Crippen LogP contribution in [0, 0.1) is 5.82 Å². The van der Waals surface area contributed by atoms with E-state index in [0.29, 0.717) is 31.0 Å². The number of amides is 1. The van der Waals surface area contributed by atoms with Gasteiger partial charge < -0.3 is 24.7 Å². The lowest BCUT2D eigenvalue weighted by Crippen LogP contribution is -2.20. The number of ether oxygens (including phenoxy) is 2. The Morgan fingerprint density at radius 1 is 1.22 bits per heavy atom. The van der Waals surface area contributed by atoms with Crippen molar-refractivity contribution < 1.29 is 18.7 Å². The molecule has 10 heteroatoms. The zero-order chi connectivity index (χ0) is 22.5. The molecule has 0 saturated carbocycles. The first-order valence-corrected chi connectivity index (χ1v) is 10.7. The third-order valence-electron chi connectivity index (χ3n) is 4.85. The second-order valence-corrected chi connectivity index (χ2v) is 8.00. The van der Waals surface area contributed by atoms with Crippen molar-refractivity contribution in [1.82, 2.24) is 19.9 Å². The number of benzene rings is 1. The number of aromatic nitrogens is 3. The van der Waals surface area contributed by atoms with Crippen LogP contribution in [-0.4, -0.2) is 41.2 Å². The highest BCUT2D eigenvalue weighted by molar-refractivity contribution is 7.22. The van der Waals surface area contributed by atoms with Gasteiger partial charge in [0, 0.05) is 51.3 Å². The highest BCUT2D eigenvalue weighted by Crippen LogP contribution is 2.39. The molecule has 32 heavy (non-hydrogen) atoms. The van der Waals surface area contributed by atoms with Gasteiger partial charge in [-0.15, -0.1) is 11.3 Å². The predicted molar refractivity (Wildman–Crippen MR) is 122 cm³/mol. The molecule has 0 saturated heterocycles. The van der Waals surface area contributed by atoms with Crippen LogP contribution in [0.25, 0.3) is 20.9 Å². The average molecular weight is 456 g/mol. The summed E-state index contributed by atoms with van der Waals surface area (Å²) in [7, 11) is 3.64. The first kappa shape index (κ1) is 21.9. The van der Waals surface area contributed by atoms with E-state index in [1.807, 2.05) is 23.9 Å². The van der Waals surface area contributed by atoms with Crippen molar-refractivity contribution in [3.63, 3.8) is 0 Å². The summed E-state index contributed by atoms with van der Waals surface area (Å²) in [6.45, 7) is 2.08. The highest BCUT2D eigenvalue weighted by atomic mass is 32.1. The van der Waals surface area contributed by atoms with Crippen molar-refractivity contribution in [3.8, 4) is 22.2 Å². The maximum atomic E-state index is 14.4. The summed E-state index contributed by atoms with van der Waals surface area (Å²) in [5, 5.41) is 5.73. The van der Waals surface area contributed by atoms with E-state index in [9.17, 15) is 9.18 Å². The van der Waals surface area contributed by atoms with E-state index in [0.717, 1.165) is 33.2 Å². The Balaban J connectivity index is 1.59. The molecule has 1 aromatic carbocycles. The molecule has 0 spiro atoms. The number of rotatable bonds is 10. The molecule has 0 unspecified atom stereocenters. The zero-order valence-electron chi connectivity index (χ0n) is 17.6. The maximum absolute atomic E-state index is 14.4. The minimum absolute atomic E-state index is 0.0605. The van der Waals surface area contributed by atoms with Crippen LogP contribution in [-0.2, 0) is 23.1 Å². The number of halogens is 1. The van der Waals surface area contributed by atoms with Gasteiger partial charge in [-0.25, -0.2) is 9.37 Å². The van der Waals surface area contributed by atoms with E-state index < -0.39 is 5.82 Å². The van der Waals surface area contributed by atoms with Gasteiger partial charge in [0.1, 0.15) is 11.6 Å². The Hall–Kier alpha value is -3.34. The second kappa shape index (κ2) is 9.86. The molecule has 3 heterocycles. The van der Waals surface area contributed by atoms with Crippen LogP contribution in [0.3, 0.4) is 0 Å². The topological polar surface area (TPSA) is 90.3 Å². The largest absolute Gasteiger partial charge is 0.453 e. The molecule has 166 valence electrons. The molecular formula is C22H22FN5O3S. The van der Waals surface area contributed by atoms with E-state index in [1.54, 1.807) is 25.4 Å². The van der Waals surface area contributed by atoms with E-state index in [1.165, 1.54) is 23.5 Å². The Morgan fingerprint density at radius 3 is 2.88 bits per heavy atom. The summed E-state index contributed by atoms with van der Waals surface area (Å²) in [5.41, 5.74) is 2.14. The maximum Gasteiger partial charge on any atom is 0.211 e. The van der Waals surface area contributed by atoms with Crippen LogP contribution in [0.1, 0.15) is 5.69 Å². The first-order chi connectivity index (χ1) is 15.6. The number of pyridine rings is 1. The summed E-state index contributed by atoms with van der Waals surface area (Å²) in [6, 6.07) is 7.90. The molecule has 0 radical (unpaired) electrons. The molecule has 3 aromatic heterocycles. The van der Waals surface area contributed by atoms with E-state index in [-0.39, 0.29) is 5.75 Å². The summed E-state index contributed by atoms with van der Waals surface area (Å²) < 4.78 is 28.1. The van der Waals surface area contributed by atoms with Gasteiger partial charge in [0.25, 0.3) is 0 Å². The Kier molecular flexibility index (Phi) is 6.74. The van der Waals surface area contributed by atoms with E-state index in [4.69, 9.17) is 9.47 Å². The Labute approximate surface area is 188 Å². The van der Waals surface area contributed by atoms with Crippen LogP contribution in [0.15, 0.2) is 42.7 Å². The molecule has 0 atom stereocenters. The molecule has 0 fully saturated rings. The molecule has 4 rings (SSSR count). The van der Waals surface area contributed by atoms with E-state index in [2.05, 4.69) is 20.6 Å². The first-order valence-electron chi connectivity index (χ1n) is 9.87. The summed E-state index contributed by atoms with van der Waals surface area (Å²) in [6.07, 6.45) is 3.96. The number of carbonyl (C=O) groups is 1. The lowest BCUT2D eigenvalue weighted by Gasteiger charge is -2.08. The van der Waals surface area contributed by atoms with Gasteiger partial charge in [-0.1, -0.05) is 0 Å². The third-order valence-corrected chi connectivity index (χ3v) is 5.98. The Bertz CT molecular complexity index is 1240. The number of thiophene rings is 1. The van der Waals surface area contributed by atoms with Crippen molar-refractivity contribution >= 4 is 33.7 Å². The number of nitrogens with zero attached hydrogens (tertiary/aromatic N) is 3. The minimum Gasteiger partial charge on any atom is -0.453 e. The Morgan fingerprint density at radius 2 is 2.09 bits per heavy atom. The third kappa shape index (κ3) is 4.62. The van der Waals surface area contributed by atoms with E-state index >= 15 is 0 Å². The monoisotopic (exact) mass is 455 g/mol. The number of carbonyl (C=O) groups excluding carboxylic acids is 1. The van der Waals surface area contributed by atoms with Gasteiger partial charge in [-0.3, -0.25) is 9.78 Å². The predicted octanol–water partition coefficient (Wildman–Crippen LogP) is 3.93. The SMILES string of the molecule is COCCNCc1cnc(-c2cc3nccc(Oc4ccc(NC=O)cc4F)c3s2)n1C. The molecule has 0 bridgehead atoms. The molecular weight excluding hydrogens is 433 g/mol. The molecule has 4 aromatic rings. The lowest BCUT2D eigenvalue weighted by atomic mass is 10.3. The fourth-order valence-corrected chi connectivity index (χ4v) is 4.29. The van der Waals surface area contributed by atoms with Gasteiger partial charge in [-0.2, -0.15) is 0 Å². The molecule has 0 aliphatic rings. The molecule has 1 amide bonds. The number of hydrogen-bond donors (Lipinski definition) is 2. The van der Waals surface area contributed by atoms with Crippen molar-refractivity contribution in [2.75, 3.05) is 25.6 Å². The average Bonchev–Trinajstić information content (AvgIpc) is 3.37. The smallest absolute Gasteiger partial charge is 0.211 e. The van der Waals surface area contributed by atoms with Gasteiger partial charge in [0.15, 0.2) is 11.6 Å². The number of fused-ring (bicyclic) bond motifs is 1. The fourth-order valence-electron chi connectivity index (χ4n) is 3.19. The van der Waals surface area contributed by atoms with Crippen LogP contribution in [0.4, 0.5) is 10.1 Å². The van der Waals surface area contributed by atoms with Gasteiger partial charge >= 0.3 is 0 Å². The van der Waals surface area contributed by atoms with Crippen molar-refractivity contribution in [2.45, 2.75) is 6.54 Å². The number of anilines is 1. The lowest BCUT2D eigenvalue weighted by molar-refractivity contribution is -0.105. The number of methoxy groups -OCH3 is 1. The molecule has 0 aliphatic carbocycles. The zero-order valence-corrected chi connectivity index (χ0v) is 18.4. The van der Waals surface area contributed by atoms with Crippen LogP contribution in [0.5, 0.6) is 11.5 Å². The van der Waals surface area contributed by atoms with Crippen molar-refractivity contribution in [1.29, 1.82) is 0 Å². The minimum atomic E-state index is -0.576. The van der Waals surface area contributed by atoms with Crippen molar-refractivity contribution in [2.24, 2.45) is 7.05 Å². The summed E-state index contributed by atoms with van der Waals surface area (Å²) in [5.74, 6) is 0.800. The van der Waals surface area contributed by atoms with Crippen LogP contribution >= 0.6 is 11.3 Å². The number of hydrogen-bond acceptors (Lipinski definition) is 7. The normalized spacial score (nSPS) is 11.1. The number of imidazole rings is 1. The molecule has 0 aliphatic heterocycles.